The molecule has 2 unspecified atom stereocenters. The van der Waals surface area contributed by atoms with Gasteiger partial charge in [-0.15, -0.1) is 0 Å². The molecule has 98 valence electrons. The van der Waals surface area contributed by atoms with Crippen LogP contribution in [0.3, 0.4) is 0 Å². The molecular formula is C13H17ClN2O2. The topological polar surface area (TPSA) is 51.2 Å². The second kappa shape index (κ2) is 5.67. The lowest BCUT2D eigenvalue weighted by Gasteiger charge is -2.17. The second-order valence-corrected chi connectivity index (χ2v) is 4.85. The van der Waals surface area contributed by atoms with Crippen LogP contribution in [0.25, 0.3) is 0 Å². The number of amides is 1. The second-order valence-electron chi connectivity index (χ2n) is 4.50. The first-order valence-electron chi connectivity index (χ1n) is 6.17. The van der Waals surface area contributed by atoms with Gasteiger partial charge in [0, 0.05) is 12.8 Å². The third kappa shape index (κ3) is 2.65. The van der Waals surface area contributed by atoms with E-state index >= 15 is 0 Å². The molecule has 1 aliphatic heterocycles. The van der Waals surface area contributed by atoms with E-state index in [4.69, 9.17) is 16.3 Å². The first kappa shape index (κ1) is 13.3. The molecule has 0 aliphatic carbocycles. The summed E-state index contributed by atoms with van der Waals surface area (Å²) in [5, 5.41) is 3.20. The minimum absolute atomic E-state index is 0.0146. The highest BCUT2D eigenvalue weighted by Crippen LogP contribution is 2.28. The van der Waals surface area contributed by atoms with E-state index in [1.54, 1.807) is 6.20 Å². The van der Waals surface area contributed by atoms with Crippen molar-refractivity contribution in [3.8, 4) is 0 Å². The zero-order valence-corrected chi connectivity index (χ0v) is 11.3. The van der Waals surface area contributed by atoms with Gasteiger partial charge in [-0.1, -0.05) is 18.5 Å². The van der Waals surface area contributed by atoms with E-state index in [9.17, 15) is 4.79 Å². The Balaban J connectivity index is 2.12. The van der Waals surface area contributed by atoms with Gasteiger partial charge in [-0.2, -0.15) is 0 Å². The number of ether oxygens (including phenoxy) is 1. The maximum Gasteiger partial charge on any atom is 0.230 e. The number of hydrogen-bond acceptors (Lipinski definition) is 3. The van der Waals surface area contributed by atoms with Gasteiger partial charge < -0.3 is 10.1 Å². The smallest absolute Gasteiger partial charge is 0.230 e. The van der Waals surface area contributed by atoms with Gasteiger partial charge in [0.15, 0.2) is 5.15 Å². The molecule has 0 radical (unpaired) electrons. The van der Waals surface area contributed by atoms with Crippen molar-refractivity contribution in [2.45, 2.75) is 32.8 Å². The van der Waals surface area contributed by atoms with Gasteiger partial charge in [-0.25, -0.2) is 4.98 Å². The van der Waals surface area contributed by atoms with Gasteiger partial charge in [-0.05, 0) is 31.4 Å². The Morgan fingerprint density at radius 1 is 1.67 bits per heavy atom. The van der Waals surface area contributed by atoms with Crippen LogP contribution in [-0.4, -0.2) is 23.6 Å². The summed E-state index contributed by atoms with van der Waals surface area (Å²) < 4.78 is 5.52. The lowest BCUT2D eigenvalue weighted by molar-refractivity contribution is -0.121. The van der Waals surface area contributed by atoms with Crippen LogP contribution in [0.15, 0.2) is 12.3 Å². The molecule has 0 saturated carbocycles. The maximum absolute atomic E-state index is 12.2. The zero-order chi connectivity index (χ0) is 13.1. The van der Waals surface area contributed by atoms with Crippen LogP contribution in [0.2, 0.25) is 5.15 Å². The van der Waals surface area contributed by atoms with Gasteiger partial charge in [0.2, 0.25) is 5.91 Å². The number of carbonyl (C=O) groups is 1. The van der Waals surface area contributed by atoms with Crippen molar-refractivity contribution >= 4 is 23.2 Å². The van der Waals surface area contributed by atoms with Gasteiger partial charge in [0.25, 0.3) is 0 Å². The van der Waals surface area contributed by atoms with Crippen molar-refractivity contribution in [1.82, 2.24) is 4.98 Å². The van der Waals surface area contributed by atoms with E-state index in [1.807, 2.05) is 19.9 Å². The molecular weight excluding hydrogens is 252 g/mol. The zero-order valence-electron chi connectivity index (χ0n) is 10.6. The largest absolute Gasteiger partial charge is 0.377 e. The number of halogens is 1. The number of nitrogens with one attached hydrogen (secondary N) is 1. The molecule has 1 amide bonds. The van der Waals surface area contributed by atoms with Crippen molar-refractivity contribution < 1.29 is 9.53 Å². The number of aromatic nitrogens is 1. The molecule has 1 saturated heterocycles. The average molecular weight is 269 g/mol. The molecule has 2 rings (SSSR count). The number of carbonyl (C=O) groups excluding carboxylic acids is 1. The molecule has 2 heterocycles. The Morgan fingerprint density at radius 3 is 3.11 bits per heavy atom. The van der Waals surface area contributed by atoms with Crippen molar-refractivity contribution in [3.63, 3.8) is 0 Å². The molecule has 1 aromatic rings. The highest BCUT2D eigenvalue weighted by atomic mass is 35.5. The summed E-state index contributed by atoms with van der Waals surface area (Å²) in [6.45, 7) is 4.57. The summed E-state index contributed by atoms with van der Waals surface area (Å²) in [7, 11) is 0. The highest BCUT2D eigenvalue weighted by Gasteiger charge is 2.33. The van der Waals surface area contributed by atoms with Crippen LogP contribution in [0.4, 0.5) is 5.69 Å². The van der Waals surface area contributed by atoms with Crippen LogP contribution in [-0.2, 0) is 9.53 Å². The summed E-state index contributed by atoms with van der Waals surface area (Å²) in [5.41, 5.74) is 1.52. The van der Waals surface area contributed by atoms with Crippen LogP contribution in [0.5, 0.6) is 0 Å². The fraction of sp³-hybridized carbons (Fsp3) is 0.538. The first-order chi connectivity index (χ1) is 8.63. The molecule has 0 bridgehead atoms. The van der Waals surface area contributed by atoms with Gasteiger partial charge >= 0.3 is 0 Å². The minimum Gasteiger partial charge on any atom is -0.377 e. The van der Waals surface area contributed by atoms with E-state index in [1.165, 1.54) is 0 Å². The molecule has 18 heavy (non-hydrogen) atoms. The molecule has 5 heteroatoms. The lowest BCUT2D eigenvalue weighted by Crippen LogP contribution is -2.29. The van der Waals surface area contributed by atoms with Crippen LogP contribution in [0.1, 0.15) is 25.3 Å². The van der Waals surface area contributed by atoms with Crippen molar-refractivity contribution in [1.29, 1.82) is 0 Å². The summed E-state index contributed by atoms with van der Waals surface area (Å²) in [6.07, 6.45) is 3.25. The van der Waals surface area contributed by atoms with Crippen LogP contribution >= 0.6 is 11.6 Å². The fourth-order valence-electron chi connectivity index (χ4n) is 2.24. The molecule has 0 aromatic carbocycles. The monoisotopic (exact) mass is 268 g/mol. The van der Waals surface area contributed by atoms with E-state index in [0.717, 1.165) is 18.4 Å². The Kier molecular flexibility index (Phi) is 4.19. The Bertz CT molecular complexity index is 430. The fourth-order valence-corrected chi connectivity index (χ4v) is 2.49. The van der Waals surface area contributed by atoms with E-state index < -0.39 is 0 Å². The first-order valence-corrected chi connectivity index (χ1v) is 6.54. The number of pyridine rings is 1. The molecule has 0 spiro atoms. The van der Waals surface area contributed by atoms with E-state index in [0.29, 0.717) is 17.4 Å². The SMILES string of the molecule is CCC1OCCC1C(=O)Nc1c(C)ccnc1Cl. The number of nitrogens with zero attached hydrogens (tertiary/aromatic N) is 1. The summed E-state index contributed by atoms with van der Waals surface area (Å²) in [5.74, 6) is -0.122. The Morgan fingerprint density at radius 2 is 2.44 bits per heavy atom. The predicted octanol–water partition coefficient (Wildman–Crippen LogP) is 2.80. The van der Waals surface area contributed by atoms with Crippen LogP contribution < -0.4 is 5.32 Å². The lowest BCUT2D eigenvalue weighted by atomic mass is 9.98. The maximum atomic E-state index is 12.2. The molecule has 2 atom stereocenters. The van der Waals surface area contributed by atoms with Gasteiger partial charge in [0.05, 0.1) is 17.7 Å². The van der Waals surface area contributed by atoms with Crippen molar-refractivity contribution in [3.05, 3.63) is 23.0 Å². The number of rotatable bonds is 3. The summed E-state index contributed by atoms with van der Waals surface area (Å²) >= 11 is 5.99. The van der Waals surface area contributed by atoms with Gasteiger partial charge in [-0.3, -0.25) is 4.79 Å². The summed E-state index contributed by atoms with van der Waals surface area (Å²) in [6, 6.07) is 1.82. The average Bonchev–Trinajstić information content (AvgIpc) is 2.82. The standard InChI is InChI=1S/C13H17ClN2O2/c1-3-10-9(5-7-18-10)13(17)16-11-8(2)4-6-15-12(11)14/h4,6,9-10H,3,5,7H2,1-2H3,(H,16,17). The van der Waals surface area contributed by atoms with Crippen LogP contribution in [0, 0.1) is 12.8 Å². The minimum atomic E-state index is -0.0920. The summed E-state index contributed by atoms with van der Waals surface area (Å²) in [4.78, 5) is 16.2. The molecule has 1 aromatic heterocycles. The Hall–Kier alpha value is -1.13. The molecule has 1 N–H and O–H groups in total. The molecule has 1 aliphatic rings. The molecule has 1 fully saturated rings. The third-order valence-corrected chi connectivity index (χ3v) is 3.60. The molecule has 4 nitrogen and oxygen atoms in total. The number of aryl methyl sites for hydroxylation is 1. The normalized spacial score (nSPS) is 23.1. The number of hydrogen-bond donors (Lipinski definition) is 1. The van der Waals surface area contributed by atoms with Gasteiger partial charge in [0.1, 0.15) is 0 Å². The van der Waals surface area contributed by atoms with Crippen molar-refractivity contribution in [2.24, 2.45) is 5.92 Å². The highest BCUT2D eigenvalue weighted by molar-refractivity contribution is 6.32. The predicted molar refractivity (Wildman–Crippen MR) is 70.8 cm³/mol. The Labute approximate surface area is 112 Å². The van der Waals surface area contributed by atoms with E-state index in [-0.39, 0.29) is 17.9 Å². The van der Waals surface area contributed by atoms with Crippen molar-refractivity contribution in [2.75, 3.05) is 11.9 Å². The number of anilines is 1. The van der Waals surface area contributed by atoms with E-state index in [2.05, 4.69) is 10.3 Å². The third-order valence-electron chi connectivity index (χ3n) is 3.31. The quantitative estimate of drug-likeness (QED) is 0.858.